The van der Waals surface area contributed by atoms with Crippen LogP contribution in [0.1, 0.15) is 33.1 Å². The van der Waals surface area contributed by atoms with Gasteiger partial charge in [-0.3, -0.25) is 4.79 Å². The van der Waals surface area contributed by atoms with Gasteiger partial charge >= 0.3 is 5.97 Å². The molecule has 1 N–H and O–H groups in total. The average Bonchev–Trinajstić information content (AvgIpc) is 2.84. The number of methoxy groups -OCH3 is 1. The van der Waals surface area contributed by atoms with Crippen LogP contribution in [0.4, 0.5) is 0 Å². The molecule has 5 nitrogen and oxygen atoms in total. The van der Waals surface area contributed by atoms with Gasteiger partial charge in [0.15, 0.2) is 11.9 Å². The zero-order valence-corrected chi connectivity index (χ0v) is 11.9. The first-order valence-corrected chi connectivity index (χ1v) is 6.77. The zero-order valence-electron chi connectivity index (χ0n) is 11.9. The van der Waals surface area contributed by atoms with E-state index in [0.29, 0.717) is 30.6 Å². The van der Waals surface area contributed by atoms with Crippen molar-refractivity contribution in [3.8, 4) is 0 Å². The molecule has 0 amide bonds. The first-order chi connectivity index (χ1) is 9.34. The van der Waals surface area contributed by atoms with Crippen molar-refractivity contribution in [2.75, 3.05) is 7.11 Å². The maximum atomic E-state index is 12.3. The lowest BCUT2D eigenvalue weighted by molar-refractivity contribution is -0.136. The van der Waals surface area contributed by atoms with E-state index in [2.05, 4.69) is 4.74 Å². The number of allylic oxidation sites excluding steroid dienone is 1. The van der Waals surface area contributed by atoms with Gasteiger partial charge in [-0.15, -0.1) is 0 Å². The van der Waals surface area contributed by atoms with Gasteiger partial charge < -0.3 is 14.6 Å². The van der Waals surface area contributed by atoms with E-state index in [9.17, 15) is 14.7 Å². The van der Waals surface area contributed by atoms with Crippen LogP contribution < -0.4 is 0 Å². The van der Waals surface area contributed by atoms with Crippen molar-refractivity contribution in [1.82, 2.24) is 0 Å². The molecule has 0 aromatic heterocycles. The van der Waals surface area contributed by atoms with Crippen LogP contribution in [0.15, 0.2) is 22.7 Å². The molecule has 0 radical (unpaired) electrons. The Morgan fingerprint density at radius 3 is 2.75 bits per heavy atom. The summed E-state index contributed by atoms with van der Waals surface area (Å²) in [5, 5.41) is 10.1. The molecule has 1 heterocycles. The van der Waals surface area contributed by atoms with Crippen molar-refractivity contribution < 1.29 is 24.2 Å². The third-order valence-electron chi connectivity index (χ3n) is 4.32. The summed E-state index contributed by atoms with van der Waals surface area (Å²) < 4.78 is 10.4. The highest BCUT2D eigenvalue weighted by atomic mass is 16.5. The largest absolute Gasteiger partial charge is 0.508 e. The van der Waals surface area contributed by atoms with E-state index in [0.717, 1.165) is 0 Å². The predicted octanol–water partition coefficient (Wildman–Crippen LogP) is 2.03. The molecule has 0 unspecified atom stereocenters. The van der Waals surface area contributed by atoms with Crippen molar-refractivity contribution in [3.63, 3.8) is 0 Å². The third kappa shape index (κ3) is 1.76. The fourth-order valence-electron chi connectivity index (χ4n) is 3.45. The fraction of sp³-hybridized carbons (Fsp3) is 0.600. The van der Waals surface area contributed by atoms with Crippen LogP contribution in [0.5, 0.6) is 0 Å². The summed E-state index contributed by atoms with van der Waals surface area (Å²) >= 11 is 0. The van der Waals surface area contributed by atoms with E-state index in [-0.39, 0.29) is 28.4 Å². The van der Waals surface area contributed by atoms with E-state index < -0.39 is 12.1 Å². The van der Waals surface area contributed by atoms with Gasteiger partial charge in [0.2, 0.25) is 0 Å². The number of aliphatic hydroxyl groups excluding tert-OH is 1. The molecule has 5 heteroatoms. The molecular weight excluding hydrogens is 260 g/mol. The van der Waals surface area contributed by atoms with Crippen LogP contribution >= 0.6 is 0 Å². The molecule has 0 fully saturated rings. The second kappa shape index (κ2) is 4.11. The molecule has 20 heavy (non-hydrogen) atoms. The number of hydrogen-bond acceptors (Lipinski definition) is 5. The highest BCUT2D eigenvalue weighted by molar-refractivity contribution is 5.99. The van der Waals surface area contributed by atoms with Gasteiger partial charge in [-0.2, -0.15) is 0 Å². The Balaban J connectivity index is 1.91. The summed E-state index contributed by atoms with van der Waals surface area (Å²) in [6.07, 6.45) is 0.898. The zero-order chi connectivity index (χ0) is 14.7. The minimum Gasteiger partial charge on any atom is -0.508 e. The summed E-state index contributed by atoms with van der Waals surface area (Å²) in [5.41, 5.74) is 0.783. The number of ketones is 1. The first-order valence-electron chi connectivity index (χ1n) is 6.77. The van der Waals surface area contributed by atoms with Gasteiger partial charge in [-0.05, 0) is 11.8 Å². The van der Waals surface area contributed by atoms with E-state index in [1.54, 1.807) is 0 Å². The van der Waals surface area contributed by atoms with Crippen LogP contribution in [-0.4, -0.2) is 30.1 Å². The monoisotopic (exact) mass is 278 g/mol. The van der Waals surface area contributed by atoms with Crippen LogP contribution in [0, 0.1) is 11.3 Å². The molecule has 2 atom stereocenters. The molecule has 108 valence electrons. The number of esters is 1. The van der Waals surface area contributed by atoms with Gasteiger partial charge in [-0.25, -0.2) is 4.79 Å². The number of hydrogen-bond donors (Lipinski definition) is 1. The minimum absolute atomic E-state index is 0.0719. The Labute approximate surface area is 117 Å². The Hall–Kier alpha value is -1.78. The smallest absolute Gasteiger partial charge is 0.337 e. The van der Waals surface area contributed by atoms with E-state index >= 15 is 0 Å². The Bertz CT molecular complexity index is 567. The summed E-state index contributed by atoms with van der Waals surface area (Å²) in [4.78, 5) is 23.9. The van der Waals surface area contributed by atoms with Gasteiger partial charge in [-0.1, -0.05) is 13.8 Å². The standard InChI is InChI=1S/C15H18O5/c1-15(2)5-9(16)11-7-4-8(14(18)19-3)12(17)13(7)20-10(11)6-15/h7,13,17H,4-6H2,1-3H3/t7-,13+/m0/s1. The number of carbonyl (C=O) groups excluding carboxylic acids is 2. The minimum atomic E-state index is -0.591. The van der Waals surface area contributed by atoms with Gasteiger partial charge in [0.05, 0.1) is 12.7 Å². The summed E-state index contributed by atoms with van der Waals surface area (Å²) in [6, 6.07) is 0. The number of rotatable bonds is 1. The van der Waals surface area contributed by atoms with E-state index in [1.165, 1.54) is 7.11 Å². The summed E-state index contributed by atoms with van der Waals surface area (Å²) in [6.45, 7) is 4.06. The summed E-state index contributed by atoms with van der Waals surface area (Å²) in [5.74, 6) is -0.102. The molecule has 2 aliphatic carbocycles. The lowest BCUT2D eigenvalue weighted by Gasteiger charge is -2.29. The van der Waals surface area contributed by atoms with Crippen LogP contribution in [-0.2, 0) is 19.1 Å². The van der Waals surface area contributed by atoms with E-state index in [4.69, 9.17) is 4.74 Å². The Morgan fingerprint density at radius 2 is 2.10 bits per heavy atom. The van der Waals surface area contributed by atoms with Gasteiger partial charge in [0, 0.05) is 24.3 Å². The second-order valence-electron chi connectivity index (χ2n) is 6.48. The second-order valence-corrected chi connectivity index (χ2v) is 6.48. The summed E-state index contributed by atoms with van der Waals surface area (Å²) in [7, 11) is 1.27. The first kappa shape index (κ1) is 13.2. The molecule has 0 bridgehead atoms. The van der Waals surface area contributed by atoms with Gasteiger partial charge in [0.1, 0.15) is 11.5 Å². The molecule has 0 aromatic carbocycles. The SMILES string of the molecule is COC(=O)C1=C(O)[C@@H]2OC3=C(C(=O)CC(C)(C)C3)[C@@H]2C1. The Kier molecular flexibility index (Phi) is 2.71. The molecule has 3 aliphatic rings. The lowest BCUT2D eigenvalue weighted by atomic mass is 9.74. The number of aliphatic hydroxyl groups is 1. The molecule has 1 aliphatic heterocycles. The quantitative estimate of drug-likeness (QED) is 0.743. The van der Waals surface area contributed by atoms with Crippen molar-refractivity contribution >= 4 is 11.8 Å². The van der Waals surface area contributed by atoms with Crippen molar-refractivity contribution in [2.24, 2.45) is 11.3 Å². The molecule has 0 aromatic rings. The van der Waals surface area contributed by atoms with Crippen LogP contribution in [0.3, 0.4) is 0 Å². The van der Waals surface area contributed by atoms with Gasteiger partial charge in [0.25, 0.3) is 0 Å². The lowest BCUT2D eigenvalue weighted by Crippen LogP contribution is -2.26. The topological polar surface area (TPSA) is 72.8 Å². The third-order valence-corrected chi connectivity index (χ3v) is 4.32. The predicted molar refractivity (Wildman–Crippen MR) is 69.7 cm³/mol. The maximum absolute atomic E-state index is 12.3. The Morgan fingerprint density at radius 1 is 1.40 bits per heavy atom. The fourth-order valence-corrected chi connectivity index (χ4v) is 3.45. The molecule has 3 rings (SSSR count). The normalized spacial score (nSPS) is 31.1. The molecule has 0 saturated carbocycles. The van der Waals surface area contributed by atoms with Crippen LogP contribution in [0.25, 0.3) is 0 Å². The number of fused-ring (bicyclic) bond motifs is 2. The molecule has 0 saturated heterocycles. The van der Waals surface area contributed by atoms with Crippen LogP contribution in [0.2, 0.25) is 0 Å². The van der Waals surface area contributed by atoms with Crippen molar-refractivity contribution in [1.29, 1.82) is 0 Å². The van der Waals surface area contributed by atoms with Crippen molar-refractivity contribution in [2.45, 2.75) is 39.2 Å². The molecule has 0 spiro atoms. The number of carbonyl (C=O) groups is 2. The highest BCUT2D eigenvalue weighted by Gasteiger charge is 2.52. The van der Waals surface area contributed by atoms with Crippen molar-refractivity contribution in [3.05, 3.63) is 22.7 Å². The maximum Gasteiger partial charge on any atom is 0.337 e. The van der Waals surface area contributed by atoms with E-state index in [1.807, 2.05) is 13.8 Å². The average molecular weight is 278 g/mol. The highest BCUT2D eigenvalue weighted by Crippen LogP contribution is 2.51. The number of ether oxygens (including phenoxy) is 2. The number of Topliss-reactive ketones (excluding diaryl/α,β-unsaturated/α-hetero) is 1. The molecular formula is C15H18O5.